The lowest BCUT2D eigenvalue weighted by molar-refractivity contribution is -0.118. The van der Waals surface area contributed by atoms with E-state index >= 15 is 0 Å². The van der Waals surface area contributed by atoms with Gasteiger partial charge in [-0.25, -0.2) is 4.98 Å². The molecular formula is C10H11N3O2. The fraction of sp³-hybridized carbons (Fsp3) is 0.200. The van der Waals surface area contributed by atoms with Crippen LogP contribution in [0.4, 0.5) is 5.69 Å². The zero-order chi connectivity index (χ0) is 10.8. The van der Waals surface area contributed by atoms with Crippen LogP contribution in [-0.2, 0) is 4.79 Å². The molecule has 3 N–H and O–H groups in total. The molecule has 1 aromatic carbocycles. The van der Waals surface area contributed by atoms with Crippen molar-refractivity contribution in [2.45, 2.75) is 6.92 Å². The van der Waals surface area contributed by atoms with Gasteiger partial charge in [0.25, 0.3) is 0 Å². The van der Waals surface area contributed by atoms with Crippen LogP contribution in [0.5, 0.6) is 0 Å². The number of aromatic amines is 1. The second kappa shape index (κ2) is 3.70. The predicted octanol–water partition coefficient (Wildman–Crippen LogP) is 0.802. The Labute approximate surface area is 86.1 Å². The molecule has 0 bridgehead atoms. The van der Waals surface area contributed by atoms with Gasteiger partial charge in [-0.1, -0.05) is 0 Å². The van der Waals surface area contributed by atoms with Gasteiger partial charge >= 0.3 is 0 Å². The van der Waals surface area contributed by atoms with Crippen LogP contribution in [0.25, 0.3) is 11.0 Å². The Hall–Kier alpha value is -1.88. The Morgan fingerprint density at radius 1 is 1.60 bits per heavy atom. The lowest BCUT2D eigenvalue weighted by Crippen LogP contribution is -2.15. The summed E-state index contributed by atoms with van der Waals surface area (Å²) in [4.78, 5) is 18.2. The van der Waals surface area contributed by atoms with Crippen molar-refractivity contribution in [2.24, 2.45) is 0 Å². The average Bonchev–Trinajstić information content (AvgIpc) is 2.57. The first-order chi connectivity index (χ1) is 7.19. The molecule has 0 aliphatic rings. The van der Waals surface area contributed by atoms with Crippen molar-refractivity contribution in [1.82, 2.24) is 9.97 Å². The van der Waals surface area contributed by atoms with Crippen LogP contribution in [0.3, 0.4) is 0 Å². The van der Waals surface area contributed by atoms with E-state index in [0.29, 0.717) is 5.69 Å². The number of nitrogens with zero attached hydrogens (tertiary/aromatic N) is 1. The number of carbonyl (C=O) groups excluding carboxylic acids is 1. The minimum Gasteiger partial charge on any atom is -0.387 e. The summed E-state index contributed by atoms with van der Waals surface area (Å²) in [7, 11) is 0. The van der Waals surface area contributed by atoms with E-state index in [9.17, 15) is 4.79 Å². The number of benzene rings is 1. The van der Waals surface area contributed by atoms with Crippen LogP contribution in [0.2, 0.25) is 0 Å². The third-order valence-electron chi connectivity index (χ3n) is 2.03. The van der Waals surface area contributed by atoms with Crippen molar-refractivity contribution in [3.63, 3.8) is 0 Å². The second-order valence-corrected chi connectivity index (χ2v) is 3.26. The monoisotopic (exact) mass is 205 g/mol. The summed E-state index contributed by atoms with van der Waals surface area (Å²) in [5.74, 6) is 0.404. The van der Waals surface area contributed by atoms with Gasteiger partial charge in [0.1, 0.15) is 12.4 Å². The fourth-order valence-corrected chi connectivity index (χ4v) is 1.42. The van der Waals surface area contributed by atoms with E-state index in [1.54, 1.807) is 12.1 Å². The van der Waals surface area contributed by atoms with Crippen molar-refractivity contribution in [3.8, 4) is 0 Å². The molecule has 5 nitrogen and oxygen atoms in total. The summed E-state index contributed by atoms with van der Waals surface area (Å²) in [5.41, 5.74) is 2.36. The average molecular weight is 205 g/mol. The normalized spacial score (nSPS) is 10.5. The summed E-state index contributed by atoms with van der Waals surface area (Å²) in [6, 6.07) is 5.34. The number of carbonyl (C=O) groups is 1. The zero-order valence-electron chi connectivity index (χ0n) is 8.24. The summed E-state index contributed by atoms with van der Waals surface area (Å²) in [5, 5.41) is 11.1. The molecule has 2 aromatic rings. The molecule has 0 radical (unpaired) electrons. The van der Waals surface area contributed by atoms with Crippen molar-refractivity contribution >= 4 is 22.6 Å². The smallest absolute Gasteiger partial charge is 0.250 e. The van der Waals surface area contributed by atoms with Crippen molar-refractivity contribution in [3.05, 3.63) is 24.0 Å². The predicted molar refractivity (Wildman–Crippen MR) is 56.5 cm³/mol. The molecule has 5 heteroatoms. The number of nitrogens with one attached hydrogen (secondary N) is 2. The number of anilines is 1. The van der Waals surface area contributed by atoms with Gasteiger partial charge in [0.2, 0.25) is 5.91 Å². The maximum atomic E-state index is 10.9. The van der Waals surface area contributed by atoms with E-state index < -0.39 is 12.5 Å². The largest absolute Gasteiger partial charge is 0.387 e. The van der Waals surface area contributed by atoms with Gasteiger partial charge in [-0.3, -0.25) is 4.79 Å². The third kappa shape index (κ3) is 1.97. The topological polar surface area (TPSA) is 78.0 Å². The molecule has 0 unspecified atom stereocenters. The van der Waals surface area contributed by atoms with Crippen LogP contribution in [0.15, 0.2) is 18.2 Å². The molecule has 1 aromatic heterocycles. The molecule has 0 fully saturated rings. The van der Waals surface area contributed by atoms with Crippen LogP contribution in [0, 0.1) is 6.92 Å². The van der Waals surface area contributed by atoms with E-state index in [4.69, 9.17) is 5.11 Å². The number of fused-ring (bicyclic) bond motifs is 1. The first kappa shape index (κ1) is 9.67. The van der Waals surface area contributed by atoms with E-state index in [1.807, 2.05) is 13.0 Å². The molecule has 0 aliphatic heterocycles. The van der Waals surface area contributed by atoms with Gasteiger partial charge in [-0.2, -0.15) is 0 Å². The maximum absolute atomic E-state index is 10.9. The SMILES string of the molecule is Cc1nc2ccc(NC(=O)CO)cc2[nH]1. The van der Waals surface area contributed by atoms with Crippen molar-refractivity contribution in [1.29, 1.82) is 0 Å². The second-order valence-electron chi connectivity index (χ2n) is 3.26. The number of aliphatic hydroxyl groups excluding tert-OH is 1. The van der Waals surface area contributed by atoms with Gasteiger partial charge in [0.15, 0.2) is 0 Å². The molecule has 78 valence electrons. The van der Waals surface area contributed by atoms with Gasteiger partial charge in [0, 0.05) is 5.69 Å². The number of aromatic nitrogens is 2. The molecule has 1 heterocycles. The zero-order valence-corrected chi connectivity index (χ0v) is 8.24. The summed E-state index contributed by atoms with van der Waals surface area (Å²) >= 11 is 0. The molecule has 0 saturated heterocycles. The molecular weight excluding hydrogens is 194 g/mol. The molecule has 0 atom stereocenters. The molecule has 0 saturated carbocycles. The van der Waals surface area contributed by atoms with Crippen LogP contribution in [0.1, 0.15) is 5.82 Å². The number of aliphatic hydroxyl groups is 1. The number of rotatable bonds is 2. The fourth-order valence-electron chi connectivity index (χ4n) is 1.42. The van der Waals surface area contributed by atoms with Crippen molar-refractivity contribution in [2.75, 3.05) is 11.9 Å². The lowest BCUT2D eigenvalue weighted by Gasteiger charge is -2.01. The third-order valence-corrected chi connectivity index (χ3v) is 2.03. The minimum atomic E-state index is -0.514. The number of imidazole rings is 1. The van der Waals surface area contributed by atoms with Crippen LogP contribution in [-0.4, -0.2) is 27.6 Å². The van der Waals surface area contributed by atoms with Gasteiger partial charge in [0.05, 0.1) is 11.0 Å². The van der Waals surface area contributed by atoms with E-state index in [1.165, 1.54) is 0 Å². The Kier molecular flexibility index (Phi) is 2.39. The van der Waals surface area contributed by atoms with Crippen LogP contribution < -0.4 is 5.32 Å². The number of amides is 1. The highest BCUT2D eigenvalue weighted by Crippen LogP contribution is 2.16. The Bertz CT molecular complexity index is 504. The summed E-state index contributed by atoms with van der Waals surface area (Å²) in [6.45, 7) is 1.35. The first-order valence-electron chi connectivity index (χ1n) is 4.56. The van der Waals surface area contributed by atoms with E-state index in [0.717, 1.165) is 16.9 Å². The summed E-state index contributed by atoms with van der Waals surface area (Å²) < 4.78 is 0. The molecule has 0 aliphatic carbocycles. The number of H-pyrrole nitrogens is 1. The Morgan fingerprint density at radius 3 is 3.13 bits per heavy atom. The molecule has 2 rings (SSSR count). The Balaban J connectivity index is 2.33. The standard InChI is InChI=1S/C10H11N3O2/c1-6-11-8-3-2-7(4-9(8)12-6)13-10(15)5-14/h2-4,14H,5H2,1H3,(H,11,12)(H,13,15). The molecule has 15 heavy (non-hydrogen) atoms. The number of aryl methyl sites for hydroxylation is 1. The Morgan fingerprint density at radius 2 is 2.40 bits per heavy atom. The quantitative estimate of drug-likeness (QED) is 0.678. The highest BCUT2D eigenvalue weighted by molar-refractivity contribution is 5.93. The van der Waals surface area contributed by atoms with E-state index in [-0.39, 0.29) is 0 Å². The lowest BCUT2D eigenvalue weighted by atomic mass is 10.3. The van der Waals surface area contributed by atoms with Crippen LogP contribution >= 0.6 is 0 Å². The highest BCUT2D eigenvalue weighted by Gasteiger charge is 2.03. The summed E-state index contributed by atoms with van der Waals surface area (Å²) in [6.07, 6.45) is 0. The molecule has 0 spiro atoms. The van der Waals surface area contributed by atoms with Gasteiger partial charge in [-0.15, -0.1) is 0 Å². The number of hydrogen-bond acceptors (Lipinski definition) is 3. The number of hydrogen-bond donors (Lipinski definition) is 3. The first-order valence-corrected chi connectivity index (χ1v) is 4.56. The van der Waals surface area contributed by atoms with E-state index in [2.05, 4.69) is 15.3 Å². The van der Waals surface area contributed by atoms with Crippen molar-refractivity contribution < 1.29 is 9.90 Å². The van der Waals surface area contributed by atoms with Gasteiger partial charge < -0.3 is 15.4 Å². The highest BCUT2D eigenvalue weighted by atomic mass is 16.3. The van der Waals surface area contributed by atoms with Gasteiger partial charge in [-0.05, 0) is 25.1 Å². The minimum absolute atomic E-state index is 0.425. The molecule has 1 amide bonds. The maximum Gasteiger partial charge on any atom is 0.250 e.